The molecule has 5 rings (SSSR count). The predicted molar refractivity (Wildman–Crippen MR) is 121 cm³/mol. The Morgan fingerprint density at radius 2 is 2.14 bits per heavy atom. The molecule has 1 amide bonds. The number of carbonyl (C=O) groups excluding carboxylic acids is 1. The first-order valence-electron chi connectivity index (χ1n) is 10.4. The van der Waals surface area contributed by atoms with E-state index in [2.05, 4.69) is 50.2 Å². The molecule has 1 aromatic heterocycles. The van der Waals surface area contributed by atoms with E-state index in [0.717, 1.165) is 35.5 Å². The summed E-state index contributed by atoms with van der Waals surface area (Å²) in [5.74, 6) is 0.297. The van der Waals surface area contributed by atoms with Gasteiger partial charge in [0.1, 0.15) is 0 Å². The molecular formula is C24H26N2OS2. The van der Waals surface area contributed by atoms with Crippen LogP contribution >= 0.6 is 23.1 Å². The van der Waals surface area contributed by atoms with Crippen LogP contribution in [0, 0.1) is 0 Å². The number of benzene rings is 2. The summed E-state index contributed by atoms with van der Waals surface area (Å²) in [6, 6.07) is 13.7. The summed E-state index contributed by atoms with van der Waals surface area (Å²) in [6.07, 6.45) is 4.73. The second kappa shape index (κ2) is 7.13. The molecule has 1 aliphatic carbocycles. The highest BCUT2D eigenvalue weighted by molar-refractivity contribution is 8.01. The molecule has 2 heterocycles. The molecule has 1 aliphatic heterocycles. The third-order valence-corrected chi connectivity index (χ3v) is 8.97. The topological polar surface area (TPSA) is 33.2 Å². The zero-order valence-electron chi connectivity index (χ0n) is 17.2. The van der Waals surface area contributed by atoms with Gasteiger partial charge in [0.2, 0.25) is 5.91 Å². The summed E-state index contributed by atoms with van der Waals surface area (Å²) >= 11 is 3.56. The summed E-state index contributed by atoms with van der Waals surface area (Å²) < 4.78 is 2.39. The lowest BCUT2D eigenvalue weighted by Crippen LogP contribution is -2.56. The summed E-state index contributed by atoms with van der Waals surface area (Å²) in [4.78, 5) is 20.4. The predicted octanol–water partition coefficient (Wildman–Crippen LogP) is 5.83. The highest BCUT2D eigenvalue weighted by atomic mass is 32.2. The fourth-order valence-corrected chi connectivity index (χ4v) is 7.39. The number of aromatic nitrogens is 1. The highest BCUT2D eigenvalue weighted by Gasteiger charge is 2.46. The number of hydrogen-bond donors (Lipinski definition) is 0. The Balaban J connectivity index is 1.46. The van der Waals surface area contributed by atoms with Gasteiger partial charge in [-0.2, -0.15) is 0 Å². The van der Waals surface area contributed by atoms with Crippen molar-refractivity contribution in [2.24, 2.45) is 0 Å². The third-order valence-electron chi connectivity index (χ3n) is 6.90. The van der Waals surface area contributed by atoms with Gasteiger partial charge in [0.05, 0.1) is 10.2 Å². The standard InChI is InChI=1S/C24H26N2OS2/c1-4-15-6-5-7-19-22(15)25-23(29-19)28-17-9-10-18-16(14-17)8-11-20-24(18,2)13-12-21(27)26(20)3/h5-7,9-10,14,20H,4,8,11-13H2,1-3H3. The zero-order chi connectivity index (χ0) is 20.2. The van der Waals surface area contributed by atoms with Crippen molar-refractivity contribution in [3.05, 3.63) is 53.1 Å². The molecule has 0 spiro atoms. The first-order chi connectivity index (χ1) is 14.0. The Hall–Kier alpha value is -1.85. The average molecular weight is 423 g/mol. The van der Waals surface area contributed by atoms with Crippen molar-refractivity contribution in [1.82, 2.24) is 9.88 Å². The van der Waals surface area contributed by atoms with E-state index in [1.807, 2.05) is 11.9 Å². The maximum absolute atomic E-state index is 12.2. The van der Waals surface area contributed by atoms with E-state index in [9.17, 15) is 4.79 Å². The minimum absolute atomic E-state index is 0.0747. The Bertz CT molecular complexity index is 1110. The number of hydrogen-bond acceptors (Lipinski definition) is 4. The number of thiazole rings is 1. The Morgan fingerprint density at radius 3 is 2.97 bits per heavy atom. The number of rotatable bonds is 3. The van der Waals surface area contributed by atoms with Gasteiger partial charge in [0.25, 0.3) is 0 Å². The van der Waals surface area contributed by atoms with E-state index < -0.39 is 0 Å². The lowest BCUT2D eigenvalue weighted by atomic mass is 9.63. The molecule has 29 heavy (non-hydrogen) atoms. The molecule has 2 aliphatic rings. The number of aryl methyl sites for hydroxylation is 2. The normalized spacial score (nSPS) is 23.9. The highest BCUT2D eigenvalue weighted by Crippen LogP contribution is 2.47. The molecule has 0 saturated carbocycles. The Labute approximate surface area is 180 Å². The SMILES string of the molecule is CCc1cccc2sc(Sc3ccc4c(c3)CCC3N(C)C(=O)CCC43C)nc12. The zero-order valence-corrected chi connectivity index (χ0v) is 18.8. The second-order valence-electron chi connectivity index (χ2n) is 8.49. The monoisotopic (exact) mass is 422 g/mol. The molecule has 1 saturated heterocycles. The van der Waals surface area contributed by atoms with Crippen molar-refractivity contribution in [2.45, 2.75) is 66.6 Å². The lowest BCUT2D eigenvalue weighted by molar-refractivity contribution is -0.138. The summed E-state index contributed by atoms with van der Waals surface area (Å²) in [6.45, 7) is 4.54. The van der Waals surface area contributed by atoms with Crippen LogP contribution in [0.15, 0.2) is 45.6 Å². The maximum atomic E-state index is 12.2. The van der Waals surface area contributed by atoms with Gasteiger partial charge in [-0.1, -0.05) is 43.8 Å². The third kappa shape index (κ3) is 3.10. The quantitative estimate of drug-likeness (QED) is 0.532. The van der Waals surface area contributed by atoms with E-state index in [-0.39, 0.29) is 5.41 Å². The van der Waals surface area contributed by atoms with Gasteiger partial charge in [-0.15, -0.1) is 11.3 Å². The average Bonchev–Trinajstić information content (AvgIpc) is 3.13. The van der Waals surface area contributed by atoms with Crippen molar-refractivity contribution in [3.63, 3.8) is 0 Å². The van der Waals surface area contributed by atoms with Crippen molar-refractivity contribution in [3.8, 4) is 0 Å². The molecule has 3 aromatic rings. The van der Waals surface area contributed by atoms with Crippen molar-refractivity contribution < 1.29 is 4.79 Å². The van der Waals surface area contributed by atoms with Gasteiger partial charge in [0, 0.05) is 29.8 Å². The Kier molecular flexibility index (Phi) is 4.71. The number of amides is 1. The number of piperidine rings is 1. The summed E-state index contributed by atoms with van der Waals surface area (Å²) in [7, 11) is 1.98. The molecule has 0 radical (unpaired) electrons. The Morgan fingerprint density at radius 1 is 1.28 bits per heavy atom. The van der Waals surface area contributed by atoms with Gasteiger partial charge in [-0.3, -0.25) is 4.79 Å². The van der Waals surface area contributed by atoms with Gasteiger partial charge in [-0.05, 0) is 60.6 Å². The van der Waals surface area contributed by atoms with Gasteiger partial charge in [-0.25, -0.2) is 4.98 Å². The van der Waals surface area contributed by atoms with Gasteiger partial charge in [0.15, 0.2) is 4.34 Å². The summed E-state index contributed by atoms with van der Waals surface area (Å²) in [5, 5.41) is 0. The van der Waals surface area contributed by atoms with Crippen LogP contribution in [0.4, 0.5) is 0 Å². The number of nitrogens with zero attached hydrogens (tertiary/aromatic N) is 2. The number of para-hydroxylation sites is 1. The van der Waals surface area contributed by atoms with Crippen LogP contribution in [0.2, 0.25) is 0 Å². The molecule has 2 unspecified atom stereocenters. The number of carbonyl (C=O) groups is 1. The van der Waals surface area contributed by atoms with Gasteiger partial charge >= 0.3 is 0 Å². The van der Waals surface area contributed by atoms with E-state index in [0.29, 0.717) is 18.4 Å². The van der Waals surface area contributed by atoms with Crippen LogP contribution < -0.4 is 0 Å². The lowest BCUT2D eigenvalue weighted by Gasteiger charge is -2.50. The van der Waals surface area contributed by atoms with Crippen LogP contribution in [-0.4, -0.2) is 28.9 Å². The van der Waals surface area contributed by atoms with Crippen molar-refractivity contribution in [1.29, 1.82) is 0 Å². The molecule has 150 valence electrons. The largest absolute Gasteiger partial charge is 0.342 e. The van der Waals surface area contributed by atoms with Crippen LogP contribution in [0.3, 0.4) is 0 Å². The van der Waals surface area contributed by atoms with Crippen LogP contribution in [0.25, 0.3) is 10.2 Å². The molecule has 2 atom stereocenters. The van der Waals surface area contributed by atoms with E-state index >= 15 is 0 Å². The molecule has 3 nitrogen and oxygen atoms in total. The van der Waals surface area contributed by atoms with Crippen LogP contribution in [0.1, 0.15) is 49.8 Å². The van der Waals surface area contributed by atoms with E-state index in [1.54, 1.807) is 23.1 Å². The van der Waals surface area contributed by atoms with Gasteiger partial charge < -0.3 is 4.90 Å². The molecule has 1 fully saturated rings. The maximum Gasteiger partial charge on any atom is 0.222 e. The number of fused-ring (bicyclic) bond motifs is 4. The first kappa shape index (κ1) is 19.1. The second-order valence-corrected chi connectivity index (χ2v) is 10.8. The van der Waals surface area contributed by atoms with Crippen LogP contribution in [0.5, 0.6) is 0 Å². The molecular weight excluding hydrogens is 396 g/mol. The summed E-state index contributed by atoms with van der Waals surface area (Å²) in [5.41, 5.74) is 5.45. The fourth-order valence-electron chi connectivity index (χ4n) is 5.24. The minimum atomic E-state index is 0.0747. The van der Waals surface area contributed by atoms with E-state index in [4.69, 9.17) is 4.98 Å². The minimum Gasteiger partial charge on any atom is -0.342 e. The van der Waals surface area contributed by atoms with Crippen molar-refractivity contribution >= 4 is 39.2 Å². The first-order valence-corrected chi connectivity index (χ1v) is 12.1. The molecule has 5 heteroatoms. The number of likely N-dealkylation sites (tertiary alicyclic amines) is 1. The molecule has 0 bridgehead atoms. The smallest absolute Gasteiger partial charge is 0.222 e. The van der Waals surface area contributed by atoms with Crippen LogP contribution in [-0.2, 0) is 23.1 Å². The van der Waals surface area contributed by atoms with E-state index in [1.165, 1.54) is 26.3 Å². The molecule has 0 N–H and O–H groups in total. The van der Waals surface area contributed by atoms with Crippen molar-refractivity contribution in [2.75, 3.05) is 7.05 Å². The number of likely N-dealkylation sites (N-methyl/N-ethyl adjacent to an activating group) is 1. The fraction of sp³-hybridized carbons (Fsp3) is 0.417. The molecule has 2 aromatic carbocycles.